The number of benzene rings is 1. The van der Waals surface area contributed by atoms with Crippen LogP contribution in [0.15, 0.2) is 55.7 Å². The number of rotatable bonds is 7. The molecule has 1 amide bonds. The number of hydrogen-bond acceptors (Lipinski definition) is 7. The van der Waals surface area contributed by atoms with Crippen molar-refractivity contribution < 1.29 is 28.4 Å². The first-order valence-corrected chi connectivity index (χ1v) is 10.8. The number of phenolic OH excluding ortho intramolecular Hbond substituents is 1. The quantitative estimate of drug-likeness (QED) is 0.352. The highest BCUT2D eigenvalue weighted by Gasteiger charge is 2.27. The molecule has 1 aromatic heterocycles. The van der Waals surface area contributed by atoms with E-state index in [0.29, 0.717) is 17.1 Å². The van der Waals surface area contributed by atoms with Crippen LogP contribution in [-0.2, 0) is 16.0 Å². The van der Waals surface area contributed by atoms with Crippen LogP contribution in [-0.4, -0.2) is 56.5 Å². The van der Waals surface area contributed by atoms with Crippen LogP contribution >= 0.6 is 0 Å². The van der Waals surface area contributed by atoms with Gasteiger partial charge < -0.3 is 30.2 Å². The molecule has 0 saturated carbocycles. The molecular formula is C21H23N5O6S. The Morgan fingerprint density at radius 3 is 2.55 bits per heavy atom. The highest BCUT2D eigenvalue weighted by Crippen LogP contribution is 2.29. The Kier molecular flexibility index (Phi) is 6.97. The van der Waals surface area contributed by atoms with Crippen molar-refractivity contribution in [1.29, 1.82) is 0 Å². The van der Waals surface area contributed by atoms with Crippen LogP contribution < -0.4 is 10.6 Å². The lowest BCUT2D eigenvalue weighted by atomic mass is 10.1. The molecule has 11 nitrogen and oxygen atoms in total. The number of aryl methyl sites for hydroxylation is 1. The molecule has 0 fully saturated rings. The first-order chi connectivity index (χ1) is 15.6. The molecule has 2 aromatic rings. The highest BCUT2D eigenvalue weighted by atomic mass is 32.2. The Bertz CT molecular complexity index is 1200. The van der Waals surface area contributed by atoms with Gasteiger partial charge in [-0.15, -0.1) is 8.80 Å². The normalized spacial score (nSPS) is 15.9. The van der Waals surface area contributed by atoms with Crippen molar-refractivity contribution in [3.8, 4) is 5.75 Å². The van der Waals surface area contributed by atoms with Gasteiger partial charge in [-0.1, -0.05) is 18.2 Å². The topological polar surface area (TPSA) is 157 Å². The molecule has 33 heavy (non-hydrogen) atoms. The zero-order chi connectivity index (χ0) is 24.3. The second kappa shape index (κ2) is 9.69. The number of carboxylic acid groups (broad SMARTS) is 1. The molecule has 2 unspecified atom stereocenters. The van der Waals surface area contributed by atoms with E-state index < -0.39 is 41.4 Å². The standard InChI is InChI=1S/C21H23N5O6S/c1-11(2)17(15-9-8-12(3)32-15)23-20-19(24-33(31)25-20)22-14-7-5-6-13(18(14)29)21(30)26(4)10-16(27)28/h5-9,17,29H,1,10H2,2-4H3,(H,22,24)(H,23,25)(H,27,28). The SMILES string of the molecule is C=C(C)C(NC1=NS(=O)N=C1Nc1cccc(C(=O)N(C)CC(=O)O)c1O)c1ccc(C)o1. The molecule has 0 spiro atoms. The largest absolute Gasteiger partial charge is 0.505 e. The maximum absolute atomic E-state index is 12.5. The molecule has 12 heteroatoms. The maximum atomic E-state index is 12.5. The third kappa shape index (κ3) is 5.47. The van der Waals surface area contributed by atoms with Crippen molar-refractivity contribution in [2.75, 3.05) is 18.9 Å². The number of aliphatic carboxylic acids is 1. The highest BCUT2D eigenvalue weighted by molar-refractivity contribution is 7.83. The van der Waals surface area contributed by atoms with Crippen LogP contribution in [0.25, 0.3) is 0 Å². The molecule has 1 aromatic carbocycles. The smallest absolute Gasteiger partial charge is 0.323 e. The number of para-hydroxylation sites is 1. The van der Waals surface area contributed by atoms with E-state index in [4.69, 9.17) is 9.52 Å². The van der Waals surface area contributed by atoms with Gasteiger partial charge in [0.05, 0.1) is 11.3 Å². The number of amides is 1. The molecule has 2 atom stereocenters. The van der Waals surface area contributed by atoms with Crippen LogP contribution in [0.5, 0.6) is 5.75 Å². The number of carbonyl (C=O) groups is 2. The first-order valence-electron chi connectivity index (χ1n) is 9.71. The van der Waals surface area contributed by atoms with E-state index in [1.165, 1.54) is 25.2 Å². The second-order valence-electron chi connectivity index (χ2n) is 7.36. The summed E-state index contributed by atoms with van der Waals surface area (Å²) in [5, 5.41) is 25.4. The monoisotopic (exact) mass is 473 g/mol. The summed E-state index contributed by atoms with van der Waals surface area (Å²) in [5.41, 5.74) is 0.694. The average Bonchev–Trinajstić information content (AvgIpc) is 3.31. The van der Waals surface area contributed by atoms with Gasteiger partial charge >= 0.3 is 5.97 Å². The number of furan rings is 1. The minimum atomic E-state index is -1.90. The molecule has 174 valence electrons. The fraction of sp³-hybridized carbons (Fsp3) is 0.238. The molecular weight excluding hydrogens is 450 g/mol. The predicted molar refractivity (Wildman–Crippen MR) is 123 cm³/mol. The van der Waals surface area contributed by atoms with E-state index in [1.807, 2.05) is 0 Å². The summed E-state index contributed by atoms with van der Waals surface area (Å²) in [6, 6.07) is 7.45. The van der Waals surface area contributed by atoms with Gasteiger partial charge in [-0.05, 0) is 38.1 Å². The van der Waals surface area contributed by atoms with Crippen LogP contribution in [0.3, 0.4) is 0 Å². The number of carbonyl (C=O) groups excluding carboxylic acids is 1. The zero-order valence-corrected chi connectivity index (χ0v) is 19.0. The minimum absolute atomic E-state index is 0.0710. The average molecular weight is 474 g/mol. The Morgan fingerprint density at radius 2 is 1.94 bits per heavy atom. The van der Waals surface area contributed by atoms with Gasteiger partial charge in [-0.2, -0.15) is 0 Å². The van der Waals surface area contributed by atoms with E-state index in [1.54, 1.807) is 26.0 Å². The van der Waals surface area contributed by atoms with Crippen LogP contribution in [0.2, 0.25) is 0 Å². The number of nitrogens with one attached hydrogen (secondary N) is 2. The molecule has 2 heterocycles. The summed E-state index contributed by atoms with van der Waals surface area (Å²) >= 11 is -1.90. The summed E-state index contributed by atoms with van der Waals surface area (Å²) < 4.78 is 25.6. The number of phenols is 1. The number of anilines is 1. The predicted octanol–water partition coefficient (Wildman–Crippen LogP) is 2.16. The summed E-state index contributed by atoms with van der Waals surface area (Å²) in [6.45, 7) is 7.02. The number of carboxylic acids is 1. The fourth-order valence-corrected chi connectivity index (χ4v) is 3.67. The van der Waals surface area contributed by atoms with Gasteiger partial charge in [0.15, 0.2) is 17.4 Å². The maximum Gasteiger partial charge on any atom is 0.323 e. The molecule has 1 aliphatic rings. The Morgan fingerprint density at radius 1 is 1.24 bits per heavy atom. The summed E-state index contributed by atoms with van der Waals surface area (Å²) in [7, 11) is 1.31. The molecule has 0 saturated heterocycles. The zero-order valence-electron chi connectivity index (χ0n) is 18.2. The van der Waals surface area contributed by atoms with Crippen LogP contribution in [0, 0.1) is 6.92 Å². The van der Waals surface area contributed by atoms with E-state index in [9.17, 15) is 18.9 Å². The third-order valence-electron chi connectivity index (χ3n) is 4.62. The summed E-state index contributed by atoms with van der Waals surface area (Å²) in [6.07, 6.45) is 0. The molecule has 3 rings (SSSR count). The number of aromatic hydroxyl groups is 1. The lowest BCUT2D eigenvalue weighted by Gasteiger charge is -2.20. The summed E-state index contributed by atoms with van der Waals surface area (Å²) in [4.78, 5) is 24.4. The minimum Gasteiger partial charge on any atom is -0.505 e. The van der Waals surface area contributed by atoms with Crippen molar-refractivity contribution >= 4 is 40.4 Å². The number of nitrogens with zero attached hydrogens (tertiary/aromatic N) is 3. The molecule has 4 N–H and O–H groups in total. The Hall–Kier alpha value is -3.93. The van der Waals surface area contributed by atoms with Crippen molar-refractivity contribution in [2.45, 2.75) is 19.9 Å². The molecule has 0 aliphatic carbocycles. The molecule has 0 radical (unpaired) electrons. The van der Waals surface area contributed by atoms with Gasteiger partial charge in [0.2, 0.25) is 0 Å². The van der Waals surface area contributed by atoms with E-state index >= 15 is 0 Å². The Balaban J connectivity index is 1.84. The van der Waals surface area contributed by atoms with Gasteiger partial charge in [0.1, 0.15) is 24.1 Å². The lowest BCUT2D eigenvalue weighted by Crippen LogP contribution is -2.37. The van der Waals surface area contributed by atoms with Gasteiger partial charge in [-0.3, -0.25) is 9.59 Å². The van der Waals surface area contributed by atoms with Crippen LogP contribution in [0.1, 0.15) is 34.8 Å². The van der Waals surface area contributed by atoms with E-state index in [-0.39, 0.29) is 22.9 Å². The van der Waals surface area contributed by atoms with Crippen molar-refractivity contribution in [2.24, 2.45) is 8.80 Å². The number of amidine groups is 2. The second-order valence-corrected chi connectivity index (χ2v) is 8.19. The van der Waals surface area contributed by atoms with Gasteiger partial charge in [0, 0.05) is 7.05 Å². The Labute approximate surface area is 192 Å². The molecule has 0 bridgehead atoms. The number of likely N-dealkylation sites (N-methyl/N-ethyl adjacent to an activating group) is 1. The van der Waals surface area contributed by atoms with E-state index in [2.05, 4.69) is 26.0 Å². The van der Waals surface area contributed by atoms with Crippen molar-refractivity contribution in [3.63, 3.8) is 0 Å². The lowest BCUT2D eigenvalue weighted by molar-refractivity contribution is -0.137. The molecule has 1 aliphatic heterocycles. The van der Waals surface area contributed by atoms with Crippen molar-refractivity contribution in [3.05, 3.63) is 59.6 Å². The van der Waals surface area contributed by atoms with Crippen molar-refractivity contribution in [1.82, 2.24) is 10.2 Å². The van der Waals surface area contributed by atoms with Gasteiger partial charge in [-0.25, -0.2) is 4.21 Å². The van der Waals surface area contributed by atoms with Crippen LogP contribution in [0.4, 0.5) is 5.69 Å². The third-order valence-corrected chi connectivity index (χ3v) is 5.30. The summed E-state index contributed by atoms with van der Waals surface area (Å²) in [5.74, 6) is -0.780. The fourth-order valence-electron chi connectivity index (χ4n) is 3.05. The van der Waals surface area contributed by atoms with Gasteiger partial charge in [0.25, 0.3) is 17.1 Å². The first kappa shape index (κ1) is 23.7. The van der Waals surface area contributed by atoms with E-state index in [0.717, 1.165) is 4.90 Å². The number of hydrogen-bond donors (Lipinski definition) is 4.